The molecule has 116 valence electrons. The Morgan fingerprint density at radius 1 is 0.850 bits per heavy atom. The van der Waals surface area contributed by atoms with Crippen LogP contribution >= 0.6 is 0 Å². The van der Waals surface area contributed by atoms with Gasteiger partial charge in [0.2, 0.25) is 0 Å². The standard InChI is InChI=1S/C18H32O2/c1-17-15-13-11-9-7-5-3-2-4-6-8-10-12-14-16-18(19)20-17/h5,7,17H,2-4,6,8-16H2,1H3/b7-5+. The summed E-state index contributed by atoms with van der Waals surface area (Å²) in [6.07, 6.45) is 19.9. The third kappa shape index (κ3) is 10.1. The van der Waals surface area contributed by atoms with E-state index in [0.717, 1.165) is 19.3 Å². The van der Waals surface area contributed by atoms with E-state index in [1.807, 2.05) is 6.92 Å². The zero-order chi connectivity index (χ0) is 14.5. The maximum absolute atomic E-state index is 11.7. The van der Waals surface area contributed by atoms with Gasteiger partial charge < -0.3 is 4.74 Å². The van der Waals surface area contributed by atoms with E-state index in [9.17, 15) is 4.79 Å². The summed E-state index contributed by atoms with van der Waals surface area (Å²) in [6, 6.07) is 0. The molecule has 0 bridgehead atoms. The molecule has 1 rings (SSSR count). The third-order valence-electron chi connectivity index (χ3n) is 3.98. The van der Waals surface area contributed by atoms with Gasteiger partial charge in [0.05, 0.1) is 6.10 Å². The van der Waals surface area contributed by atoms with Gasteiger partial charge in [0.1, 0.15) is 0 Å². The van der Waals surface area contributed by atoms with Crippen molar-refractivity contribution in [1.82, 2.24) is 0 Å². The summed E-state index contributed by atoms with van der Waals surface area (Å²) in [4.78, 5) is 11.7. The summed E-state index contributed by atoms with van der Waals surface area (Å²) in [5, 5.41) is 0. The Labute approximate surface area is 125 Å². The Kier molecular flexibility index (Phi) is 10.3. The second-order valence-corrected chi connectivity index (χ2v) is 6.07. The first kappa shape index (κ1) is 17.3. The molecule has 1 atom stereocenters. The van der Waals surface area contributed by atoms with Gasteiger partial charge in [-0.15, -0.1) is 0 Å². The van der Waals surface area contributed by atoms with E-state index < -0.39 is 0 Å². The average Bonchev–Trinajstić information content (AvgIpc) is 2.42. The predicted molar refractivity (Wildman–Crippen MR) is 84.7 cm³/mol. The molecule has 1 aliphatic heterocycles. The van der Waals surface area contributed by atoms with Gasteiger partial charge in [0, 0.05) is 6.42 Å². The number of allylic oxidation sites excluding steroid dienone is 2. The van der Waals surface area contributed by atoms with Gasteiger partial charge in [-0.2, -0.15) is 0 Å². The average molecular weight is 280 g/mol. The lowest BCUT2D eigenvalue weighted by atomic mass is 10.1. The van der Waals surface area contributed by atoms with Crippen LogP contribution in [0.25, 0.3) is 0 Å². The molecule has 0 radical (unpaired) electrons. The lowest BCUT2D eigenvalue weighted by molar-refractivity contribution is -0.148. The molecule has 0 amide bonds. The van der Waals surface area contributed by atoms with Crippen molar-refractivity contribution in [1.29, 1.82) is 0 Å². The van der Waals surface area contributed by atoms with Crippen LogP contribution in [0.1, 0.15) is 90.4 Å². The van der Waals surface area contributed by atoms with Crippen molar-refractivity contribution in [2.75, 3.05) is 0 Å². The highest BCUT2D eigenvalue weighted by Gasteiger charge is 2.08. The number of esters is 1. The molecule has 2 heteroatoms. The molecule has 0 saturated heterocycles. The van der Waals surface area contributed by atoms with Crippen LogP contribution in [0.2, 0.25) is 0 Å². The molecule has 0 aromatic heterocycles. The van der Waals surface area contributed by atoms with Crippen LogP contribution in [0, 0.1) is 0 Å². The van der Waals surface area contributed by atoms with Crippen molar-refractivity contribution in [2.24, 2.45) is 0 Å². The minimum Gasteiger partial charge on any atom is -0.463 e. The number of carbonyl (C=O) groups excluding carboxylic acids is 1. The normalized spacial score (nSPS) is 27.1. The van der Waals surface area contributed by atoms with E-state index >= 15 is 0 Å². The fourth-order valence-corrected chi connectivity index (χ4v) is 2.69. The minimum absolute atomic E-state index is 0.00138. The molecule has 0 aromatic rings. The van der Waals surface area contributed by atoms with Gasteiger partial charge in [0.15, 0.2) is 0 Å². The van der Waals surface area contributed by atoms with Crippen molar-refractivity contribution in [3.8, 4) is 0 Å². The van der Waals surface area contributed by atoms with Crippen LogP contribution in [0.4, 0.5) is 0 Å². The van der Waals surface area contributed by atoms with Crippen molar-refractivity contribution < 1.29 is 9.53 Å². The van der Waals surface area contributed by atoms with E-state index in [1.165, 1.54) is 57.8 Å². The van der Waals surface area contributed by atoms with Crippen LogP contribution in [0.15, 0.2) is 12.2 Å². The second-order valence-electron chi connectivity index (χ2n) is 6.07. The minimum atomic E-state index is -0.00138. The largest absolute Gasteiger partial charge is 0.463 e. The van der Waals surface area contributed by atoms with E-state index in [1.54, 1.807) is 0 Å². The zero-order valence-corrected chi connectivity index (χ0v) is 13.2. The molecule has 0 fully saturated rings. The number of ether oxygens (including phenoxy) is 1. The van der Waals surface area contributed by atoms with Crippen LogP contribution in [0.3, 0.4) is 0 Å². The Morgan fingerprint density at radius 3 is 2.10 bits per heavy atom. The second kappa shape index (κ2) is 12.0. The van der Waals surface area contributed by atoms with E-state index in [0.29, 0.717) is 6.42 Å². The smallest absolute Gasteiger partial charge is 0.306 e. The summed E-state index contributed by atoms with van der Waals surface area (Å²) in [5.74, 6) is -0.00138. The highest BCUT2D eigenvalue weighted by Crippen LogP contribution is 2.13. The first-order valence-corrected chi connectivity index (χ1v) is 8.63. The monoisotopic (exact) mass is 280 g/mol. The lowest BCUT2D eigenvalue weighted by Crippen LogP contribution is -2.14. The number of hydrogen-bond donors (Lipinski definition) is 0. The van der Waals surface area contributed by atoms with Crippen molar-refractivity contribution >= 4 is 5.97 Å². The summed E-state index contributed by atoms with van der Waals surface area (Å²) < 4.78 is 5.44. The fourth-order valence-electron chi connectivity index (χ4n) is 2.69. The molecule has 20 heavy (non-hydrogen) atoms. The summed E-state index contributed by atoms with van der Waals surface area (Å²) in [5.41, 5.74) is 0. The van der Waals surface area contributed by atoms with Gasteiger partial charge in [-0.05, 0) is 51.9 Å². The van der Waals surface area contributed by atoms with E-state index in [2.05, 4.69) is 12.2 Å². The predicted octanol–water partition coefficient (Wildman–Crippen LogP) is 5.56. The van der Waals surface area contributed by atoms with Crippen molar-refractivity contribution in [3.63, 3.8) is 0 Å². The van der Waals surface area contributed by atoms with Crippen LogP contribution < -0.4 is 0 Å². The molecule has 1 unspecified atom stereocenters. The van der Waals surface area contributed by atoms with Crippen molar-refractivity contribution in [2.45, 2.75) is 96.5 Å². The van der Waals surface area contributed by atoms with E-state index in [4.69, 9.17) is 4.74 Å². The van der Waals surface area contributed by atoms with Gasteiger partial charge >= 0.3 is 5.97 Å². The highest BCUT2D eigenvalue weighted by atomic mass is 16.5. The summed E-state index contributed by atoms with van der Waals surface area (Å²) in [7, 11) is 0. The molecule has 0 N–H and O–H groups in total. The number of cyclic esters (lactones) is 1. The van der Waals surface area contributed by atoms with Crippen LogP contribution in [-0.2, 0) is 9.53 Å². The maximum atomic E-state index is 11.7. The molecule has 1 aliphatic rings. The molecule has 0 spiro atoms. The van der Waals surface area contributed by atoms with Gasteiger partial charge in [-0.1, -0.05) is 44.3 Å². The van der Waals surface area contributed by atoms with Gasteiger partial charge in [-0.25, -0.2) is 0 Å². The molecule has 0 aliphatic carbocycles. The number of hydrogen-bond acceptors (Lipinski definition) is 2. The SMILES string of the molecule is CC1CCCC/C=C/CCCCCCCCCC(=O)O1. The third-order valence-corrected chi connectivity index (χ3v) is 3.98. The zero-order valence-electron chi connectivity index (χ0n) is 13.2. The van der Waals surface area contributed by atoms with Crippen LogP contribution in [-0.4, -0.2) is 12.1 Å². The molecule has 0 saturated carbocycles. The van der Waals surface area contributed by atoms with E-state index in [-0.39, 0.29) is 12.1 Å². The number of carbonyl (C=O) groups is 1. The fraction of sp³-hybridized carbons (Fsp3) is 0.833. The van der Waals surface area contributed by atoms with Crippen LogP contribution in [0.5, 0.6) is 0 Å². The molecule has 2 nitrogen and oxygen atoms in total. The van der Waals surface area contributed by atoms with Crippen molar-refractivity contribution in [3.05, 3.63) is 12.2 Å². The Hall–Kier alpha value is -0.790. The lowest BCUT2D eigenvalue weighted by Gasteiger charge is -2.13. The topological polar surface area (TPSA) is 26.3 Å². The summed E-state index contributed by atoms with van der Waals surface area (Å²) in [6.45, 7) is 2.02. The first-order valence-electron chi connectivity index (χ1n) is 8.63. The first-order chi connectivity index (χ1) is 9.79. The Bertz CT molecular complexity index is 271. The Morgan fingerprint density at radius 2 is 1.40 bits per heavy atom. The molecular formula is C18H32O2. The van der Waals surface area contributed by atoms with Gasteiger partial charge in [0.25, 0.3) is 0 Å². The number of rotatable bonds is 0. The quantitative estimate of drug-likeness (QED) is 0.429. The highest BCUT2D eigenvalue weighted by molar-refractivity contribution is 5.69. The maximum Gasteiger partial charge on any atom is 0.306 e. The summed E-state index contributed by atoms with van der Waals surface area (Å²) >= 11 is 0. The Balaban J connectivity index is 2.25. The molecule has 1 heterocycles. The van der Waals surface area contributed by atoms with Gasteiger partial charge in [-0.3, -0.25) is 4.79 Å². The molecule has 0 aromatic carbocycles. The molecular weight excluding hydrogens is 248 g/mol.